The molecule has 0 nitrogen and oxygen atoms in total. The van der Waals surface area contributed by atoms with Crippen molar-refractivity contribution < 1.29 is 0 Å². The van der Waals surface area contributed by atoms with E-state index in [1.165, 1.54) is 62.5 Å². The van der Waals surface area contributed by atoms with Crippen LogP contribution in [0.3, 0.4) is 0 Å². The summed E-state index contributed by atoms with van der Waals surface area (Å²) >= 11 is 0. The molecule has 2 aliphatic carbocycles. The Kier molecular flexibility index (Phi) is 15.3. The Hall–Kier alpha value is -1.56. The summed E-state index contributed by atoms with van der Waals surface area (Å²) in [6, 6.07) is 9.50. The van der Waals surface area contributed by atoms with E-state index in [0.29, 0.717) is 0 Å². The van der Waals surface area contributed by atoms with Crippen molar-refractivity contribution in [2.75, 3.05) is 0 Å². The number of benzene rings is 2. The first kappa shape index (κ1) is 28.4. The van der Waals surface area contributed by atoms with Gasteiger partial charge in [-0.25, -0.2) is 0 Å². The van der Waals surface area contributed by atoms with Gasteiger partial charge in [-0.05, 0) is 110 Å². The second-order valence-corrected chi connectivity index (χ2v) is 7.20. The number of fused-ring (bicyclic) bond motifs is 2. The molecule has 30 heavy (non-hydrogen) atoms. The van der Waals surface area contributed by atoms with E-state index >= 15 is 0 Å². The van der Waals surface area contributed by atoms with Crippen LogP contribution in [0.5, 0.6) is 0 Å². The number of rotatable bonds is 1. The summed E-state index contributed by atoms with van der Waals surface area (Å²) in [6.45, 7) is 20.6. The fourth-order valence-corrected chi connectivity index (χ4v) is 4.59. The number of hydrogen-bond donors (Lipinski definition) is 0. The van der Waals surface area contributed by atoms with E-state index in [1.807, 2.05) is 55.4 Å². The van der Waals surface area contributed by atoms with Gasteiger partial charge in [0.05, 0.1) is 0 Å². The molecule has 0 saturated carbocycles. The van der Waals surface area contributed by atoms with Gasteiger partial charge in [0.1, 0.15) is 0 Å². The van der Waals surface area contributed by atoms with Gasteiger partial charge in [0.2, 0.25) is 0 Å². The van der Waals surface area contributed by atoms with Gasteiger partial charge in [-0.3, -0.25) is 0 Å². The first-order valence-electron chi connectivity index (χ1n) is 13.0. The largest absolute Gasteiger partial charge is 0.0683 e. The minimum Gasteiger partial charge on any atom is -0.0683 e. The Morgan fingerprint density at radius 2 is 0.733 bits per heavy atom. The van der Waals surface area contributed by atoms with E-state index in [2.05, 4.69) is 38.1 Å². The fraction of sp³-hybridized carbons (Fsp3) is 0.600. The highest BCUT2D eigenvalue weighted by molar-refractivity contribution is 5.79. The first-order chi connectivity index (χ1) is 14.8. The van der Waals surface area contributed by atoms with Gasteiger partial charge in [0.25, 0.3) is 0 Å². The van der Waals surface area contributed by atoms with Crippen molar-refractivity contribution in [2.45, 2.75) is 121 Å². The lowest BCUT2D eigenvalue weighted by atomic mass is 9.78. The van der Waals surface area contributed by atoms with Crippen LogP contribution < -0.4 is 0 Å². The molecular formula is C30H50. The molecule has 0 radical (unpaired) electrons. The quantitative estimate of drug-likeness (QED) is 0.438. The molecular weight excluding hydrogens is 360 g/mol. The number of hydrogen-bond acceptors (Lipinski definition) is 0. The van der Waals surface area contributed by atoms with Crippen LogP contribution in [-0.4, -0.2) is 0 Å². The van der Waals surface area contributed by atoms with Crippen molar-refractivity contribution in [1.82, 2.24) is 0 Å². The summed E-state index contributed by atoms with van der Waals surface area (Å²) in [5, 5.41) is 0. The molecule has 0 fully saturated rings. The maximum absolute atomic E-state index is 2.39. The lowest BCUT2D eigenvalue weighted by molar-refractivity contribution is 0.680. The summed E-state index contributed by atoms with van der Waals surface area (Å²) in [4.78, 5) is 0. The van der Waals surface area contributed by atoms with Crippen LogP contribution in [0.25, 0.3) is 11.1 Å². The summed E-state index contributed by atoms with van der Waals surface area (Å²) < 4.78 is 0. The maximum atomic E-state index is 2.39. The van der Waals surface area contributed by atoms with Crippen LogP contribution in [0.2, 0.25) is 0 Å². The van der Waals surface area contributed by atoms with E-state index < -0.39 is 0 Å². The first-order valence-corrected chi connectivity index (χ1v) is 13.0. The third-order valence-electron chi connectivity index (χ3n) is 5.73. The molecule has 0 N–H and O–H groups in total. The van der Waals surface area contributed by atoms with Crippen molar-refractivity contribution >= 4 is 0 Å². The van der Waals surface area contributed by atoms with Crippen LogP contribution in [-0.2, 0) is 25.7 Å². The third kappa shape index (κ3) is 6.73. The van der Waals surface area contributed by atoms with Gasteiger partial charge in [-0.15, -0.1) is 0 Å². The second kappa shape index (κ2) is 16.2. The van der Waals surface area contributed by atoms with Gasteiger partial charge in [0.15, 0.2) is 0 Å². The molecule has 2 aromatic carbocycles. The predicted octanol–water partition coefficient (Wildman–Crippen LogP) is 9.83. The summed E-state index contributed by atoms with van der Waals surface area (Å²) in [5.74, 6) is 0. The van der Waals surface area contributed by atoms with Gasteiger partial charge in [-0.2, -0.15) is 0 Å². The molecule has 0 saturated heterocycles. The normalized spacial score (nSPS) is 13.3. The molecule has 4 rings (SSSR count). The standard InChI is InChI=1S/C22H26.4C2H6/c1-15-11-13-17-7-3-5-9-19(17)21(15)22-16(2)12-14-18-8-4-6-10-20(18)22;4*1-2/h11-14H,3-10H2,1-2H3;4*1-2H3. The van der Waals surface area contributed by atoms with E-state index in [1.54, 1.807) is 33.4 Å². The molecule has 0 heterocycles. The van der Waals surface area contributed by atoms with Crippen LogP contribution >= 0.6 is 0 Å². The van der Waals surface area contributed by atoms with E-state index in [9.17, 15) is 0 Å². The highest BCUT2D eigenvalue weighted by Gasteiger charge is 2.22. The molecule has 170 valence electrons. The van der Waals surface area contributed by atoms with Crippen LogP contribution in [0.15, 0.2) is 24.3 Å². The van der Waals surface area contributed by atoms with Crippen LogP contribution in [0.1, 0.15) is 114 Å². The van der Waals surface area contributed by atoms with Crippen LogP contribution in [0, 0.1) is 13.8 Å². The zero-order valence-corrected chi connectivity index (χ0v) is 22.0. The third-order valence-corrected chi connectivity index (χ3v) is 5.73. The average molecular weight is 411 g/mol. The molecule has 2 aliphatic rings. The van der Waals surface area contributed by atoms with Crippen molar-refractivity contribution in [2.24, 2.45) is 0 Å². The fourth-order valence-electron chi connectivity index (χ4n) is 4.59. The topological polar surface area (TPSA) is 0 Å². The smallest absolute Gasteiger partial charge is 0.0114 e. The van der Waals surface area contributed by atoms with Gasteiger partial charge >= 0.3 is 0 Å². The molecule has 0 bridgehead atoms. The Bertz CT molecular complexity index is 658. The molecule has 0 spiro atoms. The van der Waals surface area contributed by atoms with E-state index in [4.69, 9.17) is 0 Å². The highest BCUT2D eigenvalue weighted by atomic mass is 14.3. The van der Waals surface area contributed by atoms with Gasteiger partial charge in [-0.1, -0.05) is 79.7 Å². The molecule has 0 aliphatic heterocycles. The van der Waals surface area contributed by atoms with Crippen LogP contribution in [0.4, 0.5) is 0 Å². The summed E-state index contributed by atoms with van der Waals surface area (Å²) in [7, 11) is 0. The highest BCUT2D eigenvalue weighted by Crippen LogP contribution is 2.40. The lowest BCUT2D eigenvalue weighted by Crippen LogP contribution is -2.10. The SMILES string of the molecule is CC.CC.CC.CC.Cc1ccc2c(c1-c1c(C)ccc3c1CCCC3)CCCC2. The van der Waals surface area contributed by atoms with Crippen molar-refractivity contribution in [3.63, 3.8) is 0 Å². The Morgan fingerprint density at radius 1 is 0.433 bits per heavy atom. The van der Waals surface area contributed by atoms with Crippen molar-refractivity contribution in [3.8, 4) is 11.1 Å². The maximum Gasteiger partial charge on any atom is -0.0114 e. The van der Waals surface area contributed by atoms with Crippen molar-refractivity contribution in [3.05, 3.63) is 57.6 Å². The molecule has 0 unspecified atom stereocenters. The predicted molar refractivity (Wildman–Crippen MR) is 140 cm³/mol. The Balaban J connectivity index is 0.000000948. The minimum absolute atomic E-state index is 1.27. The molecule has 0 aromatic heterocycles. The van der Waals surface area contributed by atoms with Gasteiger partial charge < -0.3 is 0 Å². The summed E-state index contributed by atoms with van der Waals surface area (Å²) in [6.07, 6.45) is 10.5. The molecule has 2 aromatic rings. The van der Waals surface area contributed by atoms with E-state index in [-0.39, 0.29) is 0 Å². The minimum atomic E-state index is 1.27. The lowest BCUT2D eigenvalue weighted by Gasteiger charge is -2.27. The van der Waals surface area contributed by atoms with E-state index in [0.717, 1.165) is 0 Å². The second-order valence-electron chi connectivity index (χ2n) is 7.20. The molecule has 0 atom stereocenters. The average Bonchev–Trinajstić information content (AvgIpc) is 2.85. The summed E-state index contributed by atoms with van der Waals surface area (Å²) in [5.41, 5.74) is 12.7. The molecule has 0 heteroatoms. The zero-order chi connectivity index (χ0) is 23.1. The Morgan fingerprint density at radius 3 is 1.07 bits per heavy atom. The zero-order valence-electron chi connectivity index (χ0n) is 22.0. The Labute approximate surface area is 189 Å². The molecule has 0 amide bonds. The van der Waals surface area contributed by atoms with Gasteiger partial charge in [0, 0.05) is 0 Å². The van der Waals surface area contributed by atoms with Crippen molar-refractivity contribution in [1.29, 1.82) is 0 Å². The number of aryl methyl sites for hydroxylation is 4. The monoisotopic (exact) mass is 410 g/mol.